The molecule has 0 unspecified atom stereocenters. The molecule has 0 atom stereocenters. The van der Waals surface area contributed by atoms with Gasteiger partial charge in [-0.1, -0.05) is 19.0 Å². The van der Waals surface area contributed by atoms with Crippen molar-refractivity contribution in [3.63, 3.8) is 0 Å². The molecule has 5 nitrogen and oxygen atoms in total. The molecule has 0 aliphatic heterocycles. The Kier molecular flexibility index (Phi) is 8.47. The van der Waals surface area contributed by atoms with Gasteiger partial charge in [-0.3, -0.25) is 4.99 Å². The van der Waals surface area contributed by atoms with Gasteiger partial charge in [-0.25, -0.2) is 4.39 Å². The topological polar surface area (TPSA) is 62.5 Å². The van der Waals surface area contributed by atoms with Gasteiger partial charge in [-0.2, -0.15) is 0 Å². The number of hydrogen-bond donors (Lipinski definition) is 2. The molecule has 0 saturated heterocycles. The summed E-state index contributed by atoms with van der Waals surface area (Å²) in [6.45, 7) is 5.61. The summed E-state index contributed by atoms with van der Waals surface area (Å²) in [5.41, 5.74) is 2.13. The minimum Gasteiger partial charge on any atom is -0.361 e. The highest BCUT2D eigenvalue weighted by Crippen LogP contribution is 2.18. The molecular weight excluding hydrogens is 351 g/mol. The summed E-state index contributed by atoms with van der Waals surface area (Å²) in [5.74, 6) is 2.46. The first-order valence-corrected chi connectivity index (χ1v) is 9.95. The monoisotopic (exact) mass is 378 g/mol. The first-order chi connectivity index (χ1) is 12.7. The van der Waals surface area contributed by atoms with Crippen molar-refractivity contribution < 1.29 is 8.91 Å². The molecule has 0 aliphatic carbocycles. The van der Waals surface area contributed by atoms with E-state index in [1.54, 1.807) is 18.8 Å². The van der Waals surface area contributed by atoms with E-state index in [0.717, 1.165) is 59.4 Å². The Balaban J connectivity index is 1.71. The Hall–Kier alpha value is -2.02. The predicted octanol–water partition coefficient (Wildman–Crippen LogP) is 3.79. The van der Waals surface area contributed by atoms with Crippen LogP contribution in [-0.4, -0.2) is 30.5 Å². The third-order valence-corrected chi connectivity index (χ3v) is 5.06. The lowest BCUT2D eigenvalue weighted by Gasteiger charge is -2.12. The lowest BCUT2D eigenvalue weighted by molar-refractivity contribution is 0.380. The van der Waals surface area contributed by atoms with Crippen LogP contribution in [0.2, 0.25) is 0 Å². The van der Waals surface area contributed by atoms with Gasteiger partial charge in [0.15, 0.2) is 5.96 Å². The minimum absolute atomic E-state index is 0.198. The van der Waals surface area contributed by atoms with Crippen LogP contribution in [0.25, 0.3) is 0 Å². The highest BCUT2D eigenvalue weighted by molar-refractivity contribution is 7.99. The standard InChI is InChI=1S/C19H27FN4OS/c1-4-17-16(18(5-2)25-24-17)13-23-19(21-3)22-11-6-12-26-15-9-7-14(20)8-10-15/h7-10H,4-6,11-13H2,1-3H3,(H2,21,22,23). The number of aromatic nitrogens is 1. The highest BCUT2D eigenvalue weighted by atomic mass is 32.2. The van der Waals surface area contributed by atoms with Crippen molar-refractivity contribution in [3.8, 4) is 0 Å². The zero-order valence-electron chi connectivity index (χ0n) is 15.6. The van der Waals surface area contributed by atoms with Gasteiger partial charge in [-0.15, -0.1) is 11.8 Å². The number of halogens is 1. The number of hydrogen-bond acceptors (Lipinski definition) is 4. The van der Waals surface area contributed by atoms with E-state index in [1.807, 2.05) is 12.1 Å². The van der Waals surface area contributed by atoms with Gasteiger partial charge in [0, 0.05) is 37.0 Å². The van der Waals surface area contributed by atoms with Crippen LogP contribution in [0.3, 0.4) is 0 Å². The first kappa shape index (κ1) is 20.3. The van der Waals surface area contributed by atoms with Crippen molar-refractivity contribution in [1.29, 1.82) is 0 Å². The summed E-state index contributed by atoms with van der Waals surface area (Å²) < 4.78 is 18.3. The van der Waals surface area contributed by atoms with E-state index in [2.05, 4.69) is 34.6 Å². The molecule has 2 N–H and O–H groups in total. The minimum atomic E-state index is -0.198. The zero-order chi connectivity index (χ0) is 18.8. The Morgan fingerprint density at radius 3 is 2.62 bits per heavy atom. The second-order valence-electron chi connectivity index (χ2n) is 5.75. The Bertz CT molecular complexity index is 679. The van der Waals surface area contributed by atoms with Crippen LogP contribution in [0.5, 0.6) is 0 Å². The average molecular weight is 379 g/mol. The summed E-state index contributed by atoms with van der Waals surface area (Å²) in [4.78, 5) is 5.34. The first-order valence-electron chi connectivity index (χ1n) is 8.97. The van der Waals surface area contributed by atoms with Crippen LogP contribution in [-0.2, 0) is 19.4 Å². The Morgan fingerprint density at radius 1 is 1.19 bits per heavy atom. The summed E-state index contributed by atoms with van der Waals surface area (Å²) in [7, 11) is 1.76. The number of nitrogens with one attached hydrogen (secondary N) is 2. The van der Waals surface area contributed by atoms with Crippen LogP contribution < -0.4 is 10.6 Å². The van der Waals surface area contributed by atoms with Gasteiger partial charge < -0.3 is 15.2 Å². The molecule has 2 rings (SSSR count). The molecule has 0 radical (unpaired) electrons. The number of nitrogens with zero attached hydrogens (tertiary/aromatic N) is 2. The summed E-state index contributed by atoms with van der Waals surface area (Å²) in [5, 5.41) is 10.8. The van der Waals surface area contributed by atoms with E-state index >= 15 is 0 Å². The van der Waals surface area contributed by atoms with Crippen LogP contribution in [0.1, 0.15) is 37.3 Å². The number of guanidine groups is 1. The maximum absolute atomic E-state index is 12.9. The SMILES string of the molecule is CCc1noc(CC)c1CNC(=NC)NCCCSc1ccc(F)cc1. The number of aryl methyl sites for hydroxylation is 2. The smallest absolute Gasteiger partial charge is 0.191 e. The van der Waals surface area contributed by atoms with Crippen molar-refractivity contribution in [2.75, 3.05) is 19.3 Å². The van der Waals surface area contributed by atoms with Crippen molar-refractivity contribution >= 4 is 17.7 Å². The molecule has 0 aliphatic rings. The normalized spacial score (nSPS) is 11.6. The molecule has 2 aromatic rings. The zero-order valence-corrected chi connectivity index (χ0v) is 16.5. The molecule has 1 aromatic heterocycles. The maximum Gasteiger partial charge on any atom is 0.191 e. The molecular formula is C19H27FN4OS. The van der Waals surface area contributed by atoms with Gasteiger partial charge in [0.1, 0.15) is 11.6 Å². The van der Waals surface area contributed by atoms with Crippen LogP contribution >= 0.6 is 11.8 Å². The second-order valence-corrected chi connectivity index (χ2v) is 6.91. The molecule has 26 heavy (non-hydrogen) atoms. The lowest BCUT2D eigenvalue weighted by atomic mass is 10.1. The van der Waals surface area contributed by atoms with Crippen molar-refractivity contribution in [2.45, 2.75) is 44.6 Å². The van der Waals surface area contributed by atoms with E-state index in [1.165, 1.54) is 12.1 Å². The van der Waals surface area contributed by atoms with Crippen LogP contribution in [0, 0.1) is 5.82 Å². The summed E-state index contributed by atoms with van der Waals surface area (Å²) in [6.07, 6.45) is 2.67. The fourth-order valence-corrected chi connectivity index (χ4v) is 3.38. The van der Waals surface area contributed by atoms with E-state index < -0.39 is 0 Å². The predicted molar refractivity (Wildman–Crippen MR) is 105 cm³/mol. The third-order valence-electron chi connectivity index (χ3n) is 3.96. The van der Waals surface area contributed by atoms with Gasteiger partial charge in [0.05, 0.1) is 5.69 Å². The number of rotatable bonds is 9. The van der Waals surface area contributed by atoms with Gasteiger partial charge in [0.25, 0.3) is 0 Å². The van der Waals surface area contributed by atoms with Crippen molar-refractivity contribution in [2.24, 2.45) is 4.99 Å². The fraction of sp³-hybridized carbons (Fsp3) is 0.474. The second kappa shape index (κ2) is 10.9. The van der Waals surface area contributed by atoms with E-state index in [0.29, 0.717) is 6.54 Å². The maximum atomic E-state index is 12.9. The van der Waals surface area contributed by atoms with E-state index in [-0.39, 0.29) is 5.82 Å². The number of benzene rings is 1. The molecule has 142 valence electrons. The average Bonchev–Trinajstić information content (AvgIpc) is 3.07. The molecule has 7 heteroatoms. The van der Waals surface area contributed by atoms with Crippen LogP contribution in [0.15, 0.2) is 38.7 Å². The summed E-state index contributed by atoms with van der Waals surface area (Å²) >= 11 is 1.72. The summed E-state index contributed by atoms with van der Waals surface area (Å²) in [6, 6.07) is 6.60. The van der Waals surface area contributed by atoms with Crippen LogP contribution in [0.4, 0.5) is 4.39 Å². The number of thioether (sulfide) groups is 1. The molecule has 1 aromatic carbocycles. The molecule has 1 heterocycles. The number of aliphatic imine (C=N–C) groups is 1. The van der Waals surface area contributed by atoms with E-state index in [9.17, 15) is 4.39 Å². The molecule has 0 fully saturated rings. The quantitative estimate of drug-likeness (QED) is 0.301. The van der Waals surface area contributed by atoms with E-state index in [4.69, 9.17) is 4.52 Å². The molecule has 0 amide bonds. The Morgan fingerprint density at radius 2 is 1.96 bits per heavy atom. The molecule has 0 spiro atoms. The lowest BCUT2D eigenvalue weighted by Crippen LogP contribution is -2.37. The van der Waals surface area contributed by atoms with Gasteiger partial charge in [-0.05, 0) is 42.9 Å². The van der Waals surface area contributed by atoms with Crippen molar-refractivity contribution in [1.82, 2.24) is 15.8 Å². The van der Waals surface area contributed by atoms with Crippen molar-refractivity contribution in [3.05, 3.63) is 47.1 Å². The highest BCUT2D eigenvalue weighted by Gasteiger charge is 2.13. The third kappa shape index (κ3) is 6.05. The Labute approximate surface area is 158 Å². The molecule has 0 saturated carbocycles. The van der Waals surface area contributed by atoms with Gasteiger partial charge >= 0.3 is 0 Å². The largest absolute Gasteiger partial charge is 0.361 e. The fourth-order valence-electron chi connectivity index (χ4n) is 2.53. The molecule has 0 bridgehead atoms. The van der Waals surface area contributed by atoms with Gasteiger partial charge in [0.2, 0.25) is 0 Å².